The number of hydrogen-bond donors (Lipinski definition) is 2. The highest BCUT2D eigenvalue weighted by atomic mass is 19.1. The van der Waals surface area contributed by atoms with Crippen LogP contribution in [0.5, 0.6) is 11.5 Å². The van der Waals surface area contributed by atoms with Gasteiger partial charge in [-0.3, -0.25) is 9.78 Å². The first-order chi connectivity index (χ1) is 22.4. The number of carbonyl (C=O) groups is 1. The molecule has 1 fully saturated rings. The molecule has 1 saturated heterocycles. The third-order valence-electron chi connectivity index (χ3n) is 7.90. The Morgan fingerprint density at radius 2 is 1.91 bits per heavy atom. The Bertz CT molecular complexity index is 1770. The van der Waals surface area contributed by atoms with Crippen LogP contribution in [-0.4, -0.2) is 55.7 Å². The lowest BCUT2D eigenvalue weighted by atomic mass is 10.0. The Morgan fingerprint density at radius 3 is 2.63 bits per heavy atom. The number of rotatable bonds is 12. The van der Waals surface area contributed by atoms with Gasteiger partial charge in [0, 0.05) is 49.6 Å². The van der Waals surface area contributed by atoms with Crippen molar-refractivity contribution in [1.82, 2.24) is 9.88 Å². The molecule has 9 nitrogen and oxygen atoms in total. The molecule has 2 heterocycles. The van der Waals surface area contributed by atoms with Crippen LogP contribution in [0.1, 0.15) is 36.5 Å². The molecule has 0 saturated carbocycles. The summed E-state index contributed by atoms with van der Waals surface area (Å²) in [5.74, 6) is 0.568. The standard InChI is InChI=1S/C36H38FN5O4/c1-4-42-12-10-25(11-13-42)18-35(43)41-32-19-30-31(20-34(32)45-15-14-44-3)39-22-27(21-38)36(30)40-29-8-9-33(24(2)16-29)46-23-26-6-5-7-28(37)17-26/h5-9,16-20,22H,4,10-15,23H2,1-3H3,(H,39,40)(H,41,43). The van der Waals surface area contributed by atoms with Crippen LogP contribution < -0.4 is 20.1 Å². The summed E-state index contributed by atoms with van der Waals surface area (Å²) in [6.45, 7) is 7.83. The number of pyridine rings is 1. The van der Waals surface area contributed by atoms with E-state index in [9.17, 15) is 14.4 Å². The third-order valence-corrected chi connectivity index (χ3v) is 7.90. The smallest absolute Gasteiger partial charge is 0.248 e. The zero-order valence-electron chi connectivity index (χ0n) is 26.4. The van der Waals surface area contributed by atoms with Crippen molar-refractivity contribution in [3.8, 4) is 17.6 Å². The molecule has 0 atom stereocenters. The van der Waals surface area contributed by atoms with E-state index in [1.807, 2.05) is 31.2 Å². The van der Waals surface area contributed by atoms with Gasteiger partial charge in [-0.25, -0.2) is 4.39 Å². The molecule has 0 unspecified atom stereocenters. The normalized spacial score (nSPS) is 13.2. The van der Waals surface area contributed by atoms with Crippen molar-refractivity contribution in [2.75, 3.05) is 50.6 Å². The van der Waals surface area contributed by atoms with Gasteiger partial charge >= 0.3 is 0 Å². The molecule has 3 aromatic carbocycles. The molecule has 0 spiro atoms. The number of nitrogens with zero attached hydrogens (tertiary/aromatic N) is 3. The summed E-state index contributed by atoms with van der Waals surface area (Å²) >= 11 is 0. The minimum atomic E-state index is -0.309. The van der Waals surface area contributed by atoms with E-state index in [0.29, 0.717) is 45.9 Å². The number of aryl methyl sites for hydroxylation is 1. The summed E-state index contributed by atoms with van der Waals surface area (Å²) in [4.78, 5) is 20.1. The van der Waals surface area contributed by atoms with Crippen molar-refractivity contribution in [3.63, 3.8) is 0 Å². The molecule has 1 aliphatic heterocycles. The molecular weight excluding hydrogens is 585 g/mol. The van der Waals surface area contributed by atoms with Gasteiger partial charge in [0.05, 0.1) is 29.1 Å². The summed E-state index contributed by atoms with van der Waals surface area (Å²) < 4.78 is 30.7. The number of benzene rings is 3. The molecule has 2 N–H and O–H groups in total. The van der Waals surface area contributed by atoms with Gasteiger partial charge in [-0.1, -0.05) is 24.6 Å². The number of piperidine rings is 1. The van der Waals surface area contributed by atoms with Gasteiger partial charge in [0.1, 0.15) is 36.6 Å². The van der Waals surface area contributed by atoms with E-state index in [1.165, 1.54) is 18.3 Å². The van der Waals surface area contributed by atoms with Crippen molar-refractivity contribution in [2.45, 2.75) is 33.3 Å². The Morgan fingerprint density at radius 1 is 1.09 bits per heavy atom. The van der Waals surface area contributed by atoms with E-state index < -0.39 is 0 Å². The Labute approximate surface area is 268 Å². The van der Waals surface area contributed by atoms with Crippen LogP contribution in [0, 0.1) is 24.1 Å². The van der Waals surface area contributed by atoms with Gasteiger partial charge in [0.25, 0.3) is 0 Å². The lowest BCUT2D eigenvalue weighted by Crippen LogP contribution is -2.30. The van der Waals surface area contributed by atoms with Crippen LogP contribution >= 0.6 is 0 Å². The van der Waals surface area contributed by atoms with Crippen LogP contribution in [0.25, 0.3) is 10.9 Å². The molecule has 1 aromatic heterocycles. The van der Waals surface area contributed by atoms with E-state index in [1.54, 1.807) is 31.4 Å². The number of amides is 1. The minimum Gasteiger partial charge on any atom is -0.489 e. The molecule has 10 heteroatoms. The van der Waals surface area contributed by atoms with Crippen LogP contribution in [0.4, 0.5) is 21.5 Å². The molecule has 46 heavy (non-hydrogen) atoms. The predicted octanol–water partition coefficient (Wildman–Crippen LogP) is 6.88. The van der Waals surface area contributed by atoms with Gasteiger partial charge in [-0.15, -0.1) is 0 Å². The monoisotopic (exact) mass is 623 g/mol. The SMILES string of the molecule is CCN1CCC(=CC(=O)Nc2cc3c(Nc4ccc(OCc5cccc(F)c5)c(C)c4)c(C#N)cnc3cc2OCCOC)CC1. The molecule has 0 aliphatic carbocycles. The fourth-order valence-corrected chi connectivity index (χ4v) is 5.37. The van der Waals surface area contributed by atoms with Crippen molar-refractivity contribution in [3.05, 3.63) is 95.0 Å². The lowest BCUT2D eigenvalue weighted by molar-refractivity contribution is -0.112. The maximum absolute atomic E-state index is 13.6. The second-order valence-electron chi connectivity index (χ2n) is 11.1. The Balaban J connectivity index is 1.42. The average molecular weight is 624 g/mol. The highest BCUT2D eigenvalue weighted by molar-refractivity contribution is 6.05. The van der Waals surface area contributed by atoms with Crippen molar-refractivity contribution in [1.29, 1.82) is 5.26 Å². The average Bonchev–Trinajstić information content (AvgIpc) is 3.05. The van der Waals surface area contributed by atoms with Crippen LogP contribution in [0.15, 0.2) is 72.4 Å². The number of likely N-dealkylation sites (tertiary alicyclic amines) is 1. The zero-order valence-corrected chi connectivity index (χ0v) is 26.4. The summed E-state index contributed by atoms with van der Waals surface area (Å²) in [7, 11) is 1.59. The van der Waals surface area contributed by atoms with E-state index >= 15 is 0 Å². The first-order valence-corrected chi connectivity index (χ1v) is 15.3. The number of fused-ring (bicyclic) bond motifs is 1. The van der Waals surface area contributed by atoms with Gasteiger partial charge in [0.2, 0.25) is 5.91 Å². The molecule has 238 valence electrons. The molecule has 4 aromatic rings. The lowest BCUT2D eigenvalue weighted by Gasteiger charge is -2.26. The molecule has 0 bridgehead atoms. The number of hydrogen-bond acceptors (Lipinski definition) is 8. The maximum Gasteiger partial charge on any atom is 0.248 e. The van der Waals surface area contributed by atoms with E-state index in [2.05, 4.69) is 33.5 Å². The second kappa shape index (κ2) is 15.3. The number of halogens is 1. The quantitative estimate of drug-likeness (QED) is 0.130. The zero-order chi connectivity index (χ0) is 32.5. The van der Waals surface area contributed by atoms with E-state index in [4.69, 9.17) is 14.2 Å². The topological polar surface area (TPSA) is 109 Å². The number of aromatic nitrogens is 1. The first-order valence-electron chi connectivity index (χ1n) is 15.3. The highest BCUT2D eigenvalue weighted by Crippen LogP contribution is 2.37. The van der Waals surface area contributed by atoms with Gasteiger partial charge in [0.15, 0.2) is 0 Å². The van der Waals surface area contributed by atoms with E-state index in [0.717, 1.165) is 54.9 Å². The highest BCUT2D eigenvalue weighted by Gasteiger charge is 2.18. The summed E-state index contributed by atoms with van der Waals surface area (Å²) in [6, 6.07) is 17.7. The van der Waals surface area contributed by atoms with Crippen molar-refractivity contribution < 1.29 is 23.4 Å². The molecule has 1 amide bonds. The first kappa shape index (κ1) is 32.4. The summed E-state index contributed by atoms with van der Waals surface area (Å²) in [5.41, 5.74) is 5.37. The molecule has 1 aliphatic rings. The molecule has 5 rings (SSSR count). The minimum absolute atomic E-state index is 0.232. The van der Waals surface area contributed by atoms with Crippen LogP contribution in [0.3, 0.4) is 0 Å². The van der Waals surface area contributed by atoms with Crippen LogP contribution in [-0.2, 0) is 16.1 Å². The maximum atomic E-state index is 13.6. The molecule has 0 radical (unpaired) electrons. The third kappa shape index (κ3) is 8.18. The van der Waals surface area contributed by atoms with E-state index in [-0.39, 0.29) is 24.9 Å². The summed E-state index contributed by atoms with van der Waals surface area (Å²) in [5, 5.41) is 17.0. The predicted molar refractivity (Wildman–Crippen MR) is 177 cm³/mol. The van der Waals surface area contributed by atoms with Crippen molar-refractivity contribution in [2.24, 2.45) is 0 Å². The fraction of sp³-hybridized carbons (Fsp3) is 0.306. The molecular formula is C36H38FN5O4. The fourth-order valence-electron chi connectivity index (χ4n) is 5.37. The van der Waals surface area contributed by atoms with Crippen molar-refractivity contribution >= 4 is 33.9 Å². The van der Waals surface area contributed by atoms with Gasteiger partial charge in [-0.05, 0) is 73.8 Å². The Hall–Kier alpha value is -4.98. The largest absolute Gasteiger partial charge is 0.489 e. The second-order valence-corrected chi connectivity index (χ2v) is 11.1. The number of carbonyl (C=O) groups excluding carboxylic acids is 1. The Kier molecular flexibility index (Phi) is 10.8. The number of nitriles is 1. The van der Waals surface area contributed by atoms with Gasteiger partial charge < -0.3 is 29.7 Å². The van der Waals surface area contributed by atoms with Gasteiger partial charge in [-0.2, -0.15) is 5.26 Å². The number of methoxy groups -OCH3 is 1. The number of ether oxygens (including phenoxy) is 3. The van der Waals surface area contributed by atoms with Crippen LogP contribution in [0.2, 0.25) is 0 Å². The number of nitrogens with one attached hydrogen (secondary N) is 2. The number of anilines is 3. The summed E-state index contributed by atoms with van der Waals surface area (Å²) in [6.07, 6.45) is 4.90.